The van der Waals surface area contributed by atoms with Crippen molar-refractivity contribution >= 4 is 60.6 Å². The summed E-state index contributed by atoms with van der Waals surface area (Å²) in [6.45, 7) is 1.49. The average molecular weight is 455 g/mol. The lowest BCUT2D eigenvalue weighted by molar-refractivity contribution is 0.103. The van der Waals surface area contributed by atoms with Crippen molar-refractivity contribution in [1.29, 1.82) is 0 Å². The van der Waals surface area contributed by atoms with Crippen molar-refractivity contribution in [3.63, 3.8) is 0 Å². The van der Waals surface area contributed by atoms with E-state index in [1.54, 1.807) is 0 Å². The van der Waals surface area contributed by atoms with Gasteiger partial charge in [0, 0.05) is 15.6 Å². The molecule has 0 aromatic heterocycles. The van der Waals surface area contributed by atoms with E-state index in [2.05, 4.69) is 20.7 Å². The summed E-state index contributed by atoms with van der Waals surface area (Å²) in [5, 5.41) is 0.0237. The number of hydrogen-bond donors (Lipinski definition) is 1. The smallest absolute Gasteiger partial charge is 0.232 e. The van der Waals surface area contributed by atoms with Crippen molar-refractivity contribution in [1.82, 2.24) is 0 Å². The third-order valence-electron chi connectivity index (χ3n) is 3.12. The maximum Gasteiger partial charge on any atom is 0.232 e. The normalized spacial score (nSPS) is 11.4. The van der Waals surface area contributed by atoms with Gasteiger partial charge in [0.2, 0.25) is 10.0 Å². The number of carbonyl (C=O) groups excluding carboxylic acids is 1. The topological polar surface area (TPSA) is 63.2 Å². The number of nitrogens with one attached hydrogen (secondary N) is 1. The highest BCUT2D eigenvalue weighted by molar-refractivity contribution is 9.10. The zero-order valence-electron chi connectivity index (χ0n) is 12.2. The molecule has 0 bridgehead atoms. The summed E-state index contributed by atoms with van der Waals surface area (Å²) >= 11 is 15.2. The molecule has 0 spiro atoms. The monoisotopic (exact) mass is 453 g/mol. The summed E-state index contributed by atoms with van der Waals surface area (Å²) < 4.78 is 39.0. The van der Waals surface area contributed by atoms with Crippen molar-refractivity contribution in [2.45, 2.75) is 6.92 Å². The Morgan fingerprint density at radius 2 is 1.83 bits per heavy atom. The Balaban J connectivity index is 2.45. The number of halogens is 4. The number of ketones is 1. The first-order valence-electron chi connectivity index (χ1n) is 6.64. The number of hydrogen-bond acceptors (Lipinski definition) is 3. The summed E-state index contributed by atoms with van der Waals surface area (Å²) in [7, 11) is -3.51. The van der Waals surface area contributed by atoms with E-state index in [-0.39, 0.29) is 32.6 Å². The second-order valence-electron chi connectivity index (χ2n) is 4.77. The molecule has 0 aliphatic carbocycles. The van der Waals surface area contributed by atoms with Crippen LogP contribution >= 0.6 is 39.1 Å². The number of benzene rings is 2. The molecule has 2 aromatic carbocycles. The first-order chi connectivity index (χ1) is 11.1. The highest BCUT2D eigenvalue weighted by atomic mass is 79.9. The molecule has 2 rings (SSSR count). The molecule has 0 aliphatic heterocycles. The van der Waals surface area contributed by atoms with Crippen LogP contribution in [0.5, 0.6) is 0 Å². The average Bonchev–Trinajstić information content (AvgIpc) is 2.50. The van der Waals surface area contributed by atoms with Crippen LogP contribution in [-0.4, -0.2) is 20.0 Å². The fourth-order valence-corrected chi connectivity index (χ4v) is 3.55. The van der Waals surface area contributed by atoms with Crippen LogP contribution in [0.1, 0.15) is 22.8 Å². The first kappa shape index (κ1) is 19.2. The quantitative estimate of drug-likeness (QED) is 0.654. The SMILES string of the molecule is CCS(=O)(=O)Nc1cc(Br)c(C(=O)c2ccc(F)cc2Cl)cc1Cl. The molecule has 1 N–H and O–H groups in total. The van der Waals surface area contributed by atoms with Gasteiger partial charge in [0.25, 0.3) is 0 Å². The summed E-state index contributed by atoms with van der Waals surface area (Å²) in [6.07, 6.45) is 0. The van der Waals surface area contributed by atoms with E-state index in [1.165, 1.54) is 25.1 Å². The third kappa shape index (κ3) is 4.27. The molecule has 24 heavy (non-hydrogen) atoms. The van der Waals surface area contributed by atoms with Crippen LogP contribution in [0.25, 0.3) is 0 Å². The second-order valence-corrected chi connectivity index (χ2v) is 8.45. The first-order valence-corrected chi connectivity index (χ1v) is 9.84. The van der Waals surface area contributed by atoms with E-state index >= 15 is 0 Å². The van der Waals surface area contributed by atoms with Gasteiger partial charge in [-0.25, -0.2) is 12.8 Å². The van der Waals surface area contributed by atoms with Crippen LogP contribution < -0.4 is 4.72 Å². The van der Waals surface area contributed by atoms with E-state index < -0.39 is 21.6 Å². The van der Waals surface area contributed by atoms with E-state index in [9.17, 15) is 17.6 Å². The molecular formula is C15H11BrCl2FNO3S. The fourth-order valence-electron chi connectivity index (χ4n) is 1.86. The molecule has 9 heteroatoms. The van der Waals surface area contributed by atoms with Gasteiger partial charge in [-0.05, 0) is 53.2 Å². The lowest BCUT2D eigenvalue weighted by Crippen LogP contribution is -2.15. The van der Waals surface area contributed by atoms with Crippen LogP contribution in [0.15, 0.2) is 34.8 Å². The Hall–Kier alpha value is -1.15. The molecule has 0 aliphatic rings. The van der Waals surface area contributed by atoms with Gasteiger partial charge >= 0.3 is 0 Å². The molecule has 0 heterocycles. The van der Waals surface area contributed by atoms with Gasteiger partial charge in [-0.3, -0.25) is 9.52 Å². The van der Waals surface area contributed by atoms with E-state index in [4.69, 9.17) is 23.2 Å². The molecule has 128 valence electrons. The van der Waals surface area contributed by atoms with Crippen molar-refractivity contribution in [3.05, 3.63) is 61.8 Å². The molecule has 4 nitrogen and oxygen atoms in total. The largest absolute Gasteiger partial charge is 0.289 e. The number of rotatable bonds is 5. The van der Waals surface area contributed by atoms with Gasteiger partial charge in [0.15, 0.2) is 5.78 Å². The Kier molecular flexibility index (Phi) is 5.91. The summed E-state index contributed by atoms with van der Waals surface area (Å²) in [4.78, 5) is 12.6. The van der Waals surface area contributed by atoms with Crippen molar-refractivity contribution in [2.75, 3.05) is 10.5 Å². The lowest BCUT2D eigenvalue weighted by Gasteiger charge is -2.12. The van der Waals surface area contributed by atoms with Gasteiger partial charge in [0.05, 0.1) is 21.5 Å². The van der Waals surface area contributed by atoms with Gasteiger partial charge in [0.1, 0.15) is 5.82 Å². The maximum absolute atomic E-state index is 13.1. The van der Waals surface area contributed by atoms with E-state index in [1.807, 2.05) is 0 Å². The molecule has 0 amide bonds. The molecule has 2 aromatic rings. The van der Waals surface area contributed by atoms with Gasteiger partial charge in [-0.15, -0.1) is 0 Å². The maximum atomic E-state index is 13.1. The van der Waals surface area contributed by atoms with Crippen LogP contribution in [-0.2, 0) is 10.0 Å². The van der Waals surface area contributed by atoms with Crippen LogP contribution in [0.4, 0.5) is 10.1 Å². The minimum absolute atomic E-state index is 0.0289. The predicted octanol–water partition coefficient (Wildman–Crippen LogP) is 4.89. The van der Waals surface area contributed by atoms with Crippen molar-refractivity contribution in [3.8, 4) is 0 Å². The molecule has 0 saturated heterocycles. The molecule has 0 atom stereocenters. The number of carbonyl (C=O) groups is 1. The molecular weight excluding hydrogens is 444 g/mol. The highest BCUT2D eigenvalue weighted by Gasteiger charge is 2.19. The Morgan fingerprint density at radius 3 is 2.42 bits per heavy atom. The molecule has 0 fully saturated rings. The summed E-state index contributed by atoms with van der Waals surface area (Å²) in [5.74, 6) is -1.15. The summed E-state index contributed by atoms with van der Waals surface area (Å²) in [5.41, 5.74) is 0.428. The van der Waals surface area contributed by atoms with Gasteiger partial charge < -0.3 is 0 Å². The zero-order chi connectivity index (χ0) is 18.1. The molecule has 0 unspecified atom stereocenters. The van der Waals surface area contributed by atoms with Crippen LogP contribution in [0.3, 0.4) is 0 Å². The fraction of sp³-hybridized carbons (Fsp3) is 0.133. The number of sulfonamides is 1. The Labute approximate surface area is 157 Å². The van der Waals surface area contributed by atoms with Crippen molar-refractivity contribution < 1.29 is 17.6 Å². The predicted molar refractivity (Wildman–Crippen MR) is 97.1 cm³/mol. The van der Waals surface area contributed by atoms with Crippen molar-refractivity contribution in [2.24, 2.45) is 0 Å². The second kappa shape index (κ2) is 7.39. The van der Waals surface area contributed by atoms with E-state index in [0.29, 0.717) is 4.47 Å². The standard InChI is InChI=1S/C15H11BrCl2FNO3S/c1-2-24(22,23)20-14-7-11(16)10(6-13(14)18)15(21)9-4-3-8(19)5-12(9)17/h3-7,20H,2H2,1H3. The minimum Gasteiger partial charge on any atom is -0.289 e. The third-order valence-corrected chi connectivity index (χ3v) is 5.70. The van der Waals surface area contributed by atoms with Crippen LogP contribution in [0.2, 0.25) is 10.0 Å². The highest BCUT2D eigenvalue weighted by Crippen LogP contribution is 2.32. The lowest BCUT2D eigenvalue weighted by atomic mass is 10.0. The minimum atomic E-state index is -3.51. The molecule has 0 radical (unpaired) electrons. The van der Waals surface area contributed by atoms with E-state index in [0.717, 1.165) is 12.1 Å². The summed E-state index contributed by atoms with van der Waals surface area (Å²) in [6, 6.07) is 6.14. The molecule has 0 saturated carbocycles. The van der Waals surface area contributed by atoms with Gasteiger partial charge in [-0.2, -0.15) is 0 Å². The Morgan fingerprint density at radius 1 is 1.17 bits per heavy atom. The zero-order valence-corrected chi connectivity index (χ0v) is 16.2. The Bertz CT molecular complexity index is 919. The van der Waals surface area contributed by atoms with Gasteiger partial charge in [-0.1, -0.05) is 23.2 Å². The number of anilines is 1. The van der Waals surface area contributed by atoms with Crippen LogP contribution in [0, 0.1) is 5.82 Å².